The predicted octanol–water partition coefficient (Wildman–Crippen LogP) is 5.59. The van der Waals surface area contributed by atoms with Crippen LogP contribution >= 0.6 is 11.6 Å². The Kier molecular flexibility index (Phi) is 7.54. The van der Waals surface area contributed by atoms with E-state index >= 15 is 0 Å². The Bertz CT molecular complexity index is 852. The van der Waals surface area contributed by atoms with Gasteiger partial charge in [-0.15, -0.1) is 0 Å². The molecule has 5 heteroatoms. The minimum atomic E-state index is -0.207. The second kappa shape index (κ2) is 9.93. The lowest BCUT2D eigenvalue weighted by Crippen LogP contribution is -2.43. The van der Waals surface area contributed by atoms with Crippen LogP contribution in [0.5, 0.6) is 0 Å². The van der Waals surface area contributed by atoms with Gasteiger partial charge in [0.1, 0.15) is 5.82 Å². The van der Waals surface area contributed by atoms with Crippen LogP contribution in [-0.4, -0.2) is 41.4 Å². The zero-order valence-electron chi connectivity index (χ0n) is 18.3. The molecular weight excluding hydrogens is 399 g/mol. The molecule has 1 saturated heterocycles. The Hall–Kier alpha value is -1.91. The van der Waals surface area contributed by atoms with Crippen molar-refractivity contribution < 1.29 is 9.18 Å². The minimum absolute atomic E-state index is 0.0356. The maximum absolute atomic E-state index is 14.0. The summed E-state index contributed by atoms with van der Waals surface area (Å²) in [6.45, 7) is 11.3. The van der Waals surface area contributed by atoms with Gasteiger partial charge >= 0.3 is 0 Å². The number of carbonyl (C=O) groups excluding carboxylic acids is 1. The van der Waals surface area contributed by atoms with Crippen molar-refractivity contribution >= 4 is 17.5 Å². The van der Waals surface area contributed by atoms with Gasteiger partial charge in [0.15, 0.2) is 0 Å². The molecule has 2 aromatic rings. The minimum Gasteiger partial charge on any atom is -0.340 e. The monoisotopic (exact) mass is 430 g/mol. The Morgan fingerprint density at radius 3 is 2.43 bits per heavy atom. The summed E-state index contributed by atoms with van der Waals surface area (Å²) in [5, 5.41) is 0.732. The van der Waals surface area contributed by atoms with Crippen LogP contribution in [0.3, 0.4) is 0 Å². The van der Waals surface area contributed by atoms with Crippen LogP contribution in [-0.2, 0) is 11.3 Å². The van der Waals surface area contributed by atoms with E-state index in [-0.39, 0.29) is 35.5 Å². The Labute approximate surface area is 184 Å². The molecule has 30 heavy (non-hydrogen) atoms. The molecular formula is C25H32ClFN2O. The summed E-state index contributed by atoms with van der Waals surface area (Å²) in [7, 11) is 0. The highest BCUT2D eigenvalue weighted by molar-refractivity contribution is 6.30. The molecule has 0 N–H and O–H groups in total. The van der Waals surface area contributed by atoms with Gasteiger partial charge in [0, 0.05) is 49.1 Å². The maximum atomic E-state index is 14.0. The van der Waals surface area contributed by atoms with Crippen molar-refractivity contribution in [2.24, 2.45) is 11.8 Å². The molecule has 162 valence electrons. The summed E-state index contributed by atoms with van der Waals surface area (Å²) in [5.41, 5.74) is 2.22. The van der Waals surface area contributed by atoms with Crippen molar-refractivity contribution in [1.82, 2.24) is 9.80 Å². The highest BCUT2D eigenvalue weighted by Crippen LogP contribution is 2.35. The third kappa shape index (κ3) is 5.61. The summed E-state index contributed by atoms with van der Waals surface area (Å²) >= 11 is 6.02. The molecule has 1 fully saturated rings. The molecule has 0 aliphatic carbocycles. The molecule has 0 radical (unpaired) electrons. The smallest absolute Gasteiger partial charge is 0.225 e. The van der Waals surface area contributed by atoms with Crippen molar-refractivity contribution in [3.8, 4) is 0 Å². The van der Waals surface area contributed by atoms with Crippen molar-refractivity contribution in [3.05, 3.63) is 70.5 Å². The summed E-state index contributed by atoms with van der Waals surface area (Å²) in [6.07, 6.45) is 0. The molecule has 0 bridgehead atoms. The highest BCUT2D eigenvalue weighted by Gasteiger charge is 2.36. The number of benzene rings is 2. The van der Waals surface area contributed by atoms with Crippen molar-refractivity contribution in [2.45, 2.75) is 46.2 Å². The van der Waals surface area contributed by atoms with E-state index in [4.69, 9.17) is 11.6 Å². The van der Waals surface area contributed by atoms with Crippen molar-refractivity contribution in [1.29, 1.82) is 0 Å². The second-order valence-corrected chi connectivity index (χ2v) is 9.42. The lowest BCUT2D eigenvalue weighted by Gasteiger charge is -2.33. The summed E-state index contributed by atoms with van der Waals surface area (Å²) in [4.78, 5) is 17.2. The maximum Gasteiger partial charge on any atom is 0.225 e. The fourth-order valence-electron chi connectivity index (χ4n) is 4.38. The van der Waals surface area contributed by atoms with E-state index in [2.05, 4.69) is 30.9 Å². The van der Waals surface area contributed by atoms with E-state index in [1.54, 1.807) is 12.1 Å². The van der Waals surface area contributed by atoms with Crippen molar-refractivity contribution in [2.75, 3.05) is 19.6 Å². The molecule has 1 heterocycles. The molecule has 1 amide bonds. The standard InChI is InChI=1S/C25H32ClFN2O/c1-17(2)25(30)29(18(3)4)15-21-14-28(13-19-8-10-22(26)11-9-19)16-24(21)20-6-5-7-23(27)12-20/h5-12,17-18,21,24H,13-16H2,1-4H3. The lowest BCUT2D eigenvalue weighted by molar-refractivity contribution is -0.136. The third-order valence-electron chi connectivity index (χ3n) is 5.94. The molecule has 0 aromatic heterocycles. The number of amides is 1. The van der Waals surface area contributed by atoms with Gasteiger partial charge in [0.25, 0.3) is 0 Å². The van der Waals surface area contributed by atoms with E-state index < -0.39 is 0 Å². The summed E-state index contributed by atoms with van der Waals surface area (Å²) < 4.78 is 14.0. The zero-order chi connectivity index (χ0) is 21.8. The molecule has 0 spiro atoms. The summed E-state index contributed by atoms with van der Waals surface area (Å²) in [6, 6.07) is 15.0. The van der Waals surface area contributed by atoms with Crippen LogP contribution < -0.4 is 0 Å². The van der Waals surface area contributed by atoms with Gasteiger partial charge in [-0.2, -0.15) is 0 Å². The van der Waals surface area contributed by atoms with Crippen LogP contribution in [0.1, 0.15) is 44.7 Å². The fourth-order valence-corrected chi connectivity index (χ4v) is 4.50. The number of likely N-dealkylation sites (tertiary alicyclic amines) is 1. The van der Waals surface area contributed by atoms with Crippen LogP contribution in [0.2, 0.25) is 5.02 Å². The average molecular weight is 431 g/mol. The quantitative estimate of drug-likeness (QED) is 0.571. The topological polar surface area (TPSA) is 23.6 Å². The van der Waals surface area contributed by atoms with Gasteiger partial charge in [-0.3, -0.25) is 9.69 Å². The van der Waals surface area contributed by atoms with Crippen molar-refractivity contribution in [3.63, 3.8) is 0 Å². The molecule has 2 aromatic carbocycles. The first-order valence-electron chi connectivity index (χ1n) is 10.8. The van der Waals surface area contributed by atoms with E-state index in [0.29, 0.717) is 6.54 Å². The van der Waals surface area contributed by atoms with Crippen LogP contribution in [0.25, 0.3) is 0 Å². The first-order chi connectivity index (χ1) is 14.2. The Morgan fingerprint density at radius 2 is 1.83 bits per heavy atom. The largest absolute Gasteiger partial charge is 0.340 e. The zero-order valence-corrected chi connectivity index (χ0v) is 19.1. The molecule has 3 nitrogen and oxygen atoms in total. The van der Waals surface area contributed by atoms with Crippen LogP contribution in [0.15, 0.2) is 48.5 Å². The highest BCUT2D eigenvalue weighted by atomic mass is 35.5. The van der Waals surface area contributed by atoms with Gasteiger partial charge in [-0.25, -0.2) is 4.39 Å². The normalized spacial score (nSPS) is 19.6. The first-order valence-corrected chi connectivity index (χ1v) is 11.1. The number of rotatable bonds is 7. The predicted molar refractivity (Wildman–Crippen MR) is 121 cm³/mol. The lowest BCUT2D eigenvalue weighted by atomic mass is 9.88. The van der Waals surface area contributed by atoms with Crippen LogP contribution in [0, 0.1) is 17.7 Å². The van der Waals surface area contributed by atoms with Gasteiger partial charge in [-0.05, 0) is 55.2 Å². The molecule has 3 rings (SSSR count). The van der Waals surface area contributed by atoms with Gasteiger partial charge < -0.3 is 4.90 Å². The SMILES string of the molecule is CC(C)C(=O)N(CC1CN(Cc2ccc(Cl)cc2)CC1c1cccc(F)c1)C(C)C. The molecule has 1 aliphatic heterocycles. The number of halogens is 2. The Balaban J connectivity index is 1.83. The number of hydrogen-bond donors (Lipinski definition) is 0. The average Bonchev–Trinajstić information content (AvgIpc) is 3.09. The van der Waals surface area contributed by atoms with Gasteiger partial charge in [0.05, 0.1) is 0 Å². The van der Waals surface area contributed by atoms with Gasteiger partial charge in [0.2, 0.25) is 5.91 Å². The molecule has 0 saturated carbocycles. The molecule has 1 aliphatic rings. The van der Waals surface area contributed by atoms with E-state index in [1.165, 1.54) is 11.6 Å². The molecule has 2 atom stereocenters. The van der Waals surface area contributed by atoms with E-state index in [9.17, 15) is 9.18 Å². The number of nitrogens with zero attached hydrogens (tertiary/aromatic N) is 2. The number of carbonyl (C=O) groups is 1. The fraction of sp³-hybridized carbons (Fsp3) is 0.480. The van der Waals surface area contributed by atoms with E-state index in [0.717, 1.165) is 30.2 Å². The second-order valence-electron chi connectivity index (χ2n) is 8.98. The first kappa shape index (κ1) is 22.8. The molecule has 2 unspecified atom stereocenters. The van der Waals surface area contributed by atoms with Crippen LogP contribution in [0.4, 0.5) is 4.39 Å². The Morgan fingerprint density at radius 1 is 1.13 bits per heavy atom. The summed E-state index contributed by atoms with van der Waals surface area (Å²) in [5.74, 6) is 0.380. The van der Waals surface area contributed by atoms with Gasteiger partial charge in [-0.1, -0.05) is 49.7 Å². The third-order valence-corrected chi connectivity index (χ3v) is 6.20. The van der Waals surface area contributed by atoms with E-state index in [1.807, 2.05) is 36.9 Å². The number of hydrogen-bond acceptors (Lipinski definition) is 2.